The van der Waals surface area contributed by atoms with Crippen LogP contribution in [0.4, 0.5) is 0 Å². The summed E-state index contributed by atoms with van der Waals surface area (Å²) >= 11 is 0. The van der Waals surface area contributed by atoms with Crippen molar-refractivity contribution in [2.75, 3.05) is 7.11 Å². The van der Waals surface area contributed by atoms with E-state index in [-0.39, 0.29) is 5.43 Å². The zero-order chi connectivity index (χ0) is 16.6. The Morgan fingerprint density at radius 1 is 1.17 bits per heavy atom. The molecule has 0 saturated heterocycles. The fourth-order valence-corrected chi connectivity index (χ4v) is 2.63. The largest absolute Gasteiger partial charge is 0.496 e. The summed E-state index contributed by atoms with van der Waals surface area (Å²) < 4.78 is 11.3. The third-order valence-electron chi connectivity index (χ3n) is 4.02. The number of benzene rings is 2. The quantitative estimate of drug-likeness (QED) is 0.719. The van der Waals surface area contributed by atoms with E-state index in [4.69, 9.17) is 9.15 Å². The molecule has 0 spiro atoms. The van der Waals surface area contributed by atoms with E-state index in [0.717, 1.165) is 11.1 Å². The minimum Gasteiger partial charge on any atom is -0.496 e. The van der Waals surface area contributed by atoms with Crippen molar-refractivity contribution in [3.05, 3.63) is 63.3 Å². The van der Waals surface area contributed by atoms with E-state index in [1.54, 1.807) is 19.2 Å². The minimum absolute atomic E-state index is 0.174. The standard InChI is InChI=1S/C19H15NO3/c1-11-8-14-16(21)9-18(13-6-4-5-7-17(13)22-3)23-19(14)15(10-20)12(11)2/h4-9H,1-3H3. The molecule has 0 amide bonds. The number of methoxy groups -OCH3 is 1. The second kappa shape index (κ2) is 5.62. The predicted octanol–water partition coefficient (Wildman–Crippen LogP) is 3.96. The molecule has 23 heavy (non-hydrogen) atoms. The zero-order valence-corrected chi connectivity index (χ0v) is 13.1. The summed E-state index contributed by atoms with van der Waals surface area (Å²) in [5.74, 6) is 0.997. The molecule has 0 N–H and O–H groups in total. The van der Waals surface area contributed by atoms with Gasteiger partial charge in [-0.25, -0.2) is 0 Å². The number of hydrogen-bond donors (Lipinski definition) is 0. The number of nitrogens with zero attached hydrogens (tertiary/aromatic N) is 1. The Hall–Kier alpha value is -3.06. The van der Waals surface area contributed by atoms with Gasteiger partial charge in [-0.1, -0.05) is 12.1 Å². The lowest BCUT2D eigenvalue weighted by Gasteiger charge is -2.10. The molecule has 0 fully saturated rings. The summed E-state index contributed by atoms with van der Waals surface area (Å²) in [6.07, 6.45) is 0. The van der Waals surface area contributed by atoms with Crippen LogP contribution < -0.4 is 10.2 Å². The van der Waals surface area contributed by atoms with Gasteiger partial charge in [-0.05, 0) is 43.2 Å². The van der Waals surface area contributed by atoms with Crippen molar-refractivity contribution in [3.8, 4) is 23.1 Å². The summed E-state index contributed by atoms with van der Waals surface area (Å²) in [5.41, 5.74) is 2.94. The first-order valence-electron chi connectivity index (χ1n) is 7.18. The van der Waals surface area contributed by atoms with Crippen molar-refractivity contribution >= 4 is 11.0 Å². The molecule has 0 bridgehead atoms. The van der Waals surface area contributed by atoms with E-state index < -0.39 is 0 Å². The Kier molecular flexibility index (Phi) is 3.63. The third kappa shape index (κ3) is 2.36. The lowest BCUT2D eigenvalue weighted by molar-refractivity contribution is 0.415. The number of aryl methyl sites for hydroxylation is 1. The van der Waals surface area contributed by atoms with E-state index >= 15 is 0 Å². The highest BCUT2D eigenvalue weighted by atomic mass is 16.5. The number of ether oxygens (including phenoxy) is 1. The van der Waals surface area contributed by atoms with E-state index in [9.17, 15) is 10.1 Å². The molecular weight excluding hydrogens is 290 g/mol. The number of fused-ring (bicyclic) bond motifs is 1. The third-order valence-corrected chi connectivity index (χ3v) is 4.02. The average Bonchev–Trinajstić information content (AvgIpc) is 2.56. The van der Waals surface area contributed by atoms with Crippen LogP contribution in [0.25, 0.3) is 22.3 Å². The summed E-state index contributed by atoms with van der Waals surface area (Å²) in [6, 6.07) is 12.7. The molecular formula is C19H15NO3. The van der Waals surface area contributed by atoms with Gasteiger partial charge in [-0.2, -0.15) is 5.26 Å². The van der Waals surface area contributed by atoms with Gasteiger partial charge in [-0.15, -0.1) is 0 Å². The Labute approximate surface area is 133 Å². The number of rotatable bonds is 2. The molecule has 0 radical (unpaired) electrons. The number of nitriles is 1. The van der Waals surface area contributed by atoms with Gasteiger partial charge in [0.15, 0.2) is 11.0 Å². The molecule has 0 unspecified atom stereocenters. The van der Waals surface area contributed by atoms with Gasteiger partial charge in [0, 0.05) is 6.07 Å². The van der Waals surface area contributed by atoms with Gasteiger partial charge in [-0.3, -0.25) is 4.79 Å². The molecule has 2 aromatic carbocycles. The van der Waals surface area contributed by atoms with Crippen LogP contribution in [0, 0.1) is 25.2 Å². The molecule has 0 aliphatic carbocycles. The van der Waals surface area contributed by atoms with Gasteiger partial charge in [0.05, 0.1) is 23.6 Å². The highest BCUT2D eigenvalue weighted by molar-refractivity contribution is 5.86. The van der Waals surface area contributed by atoms with Crippen molar-refractivity contribution in [2.45, 2.75) is 13.8 Å². The summed E-state index contributed by atoms with van der Waals surface area (Å²) in [7, 11) is 1.56. The van der Waals surface area contributed by atoms with Crippen molar-refractivity contribution < 1.29 is 9.15 Å². The lowest BCUT2D eigenvalue weighted by atomic mass is 10.00. The van der Waals surface area contributed by atoms with E-state index in [0.29, 0.717) is 33.6 Å². The summed E-state index contributed by atoms with van der Waals surface area (Å²) in [4.78, 5) is 12.5. The first kappa shape index (κ1) is 14.9. The smallest absolute Gasteiger partial charge is 0.193 e. The van der Waals surface area contributed by atoms with Crippen LogP contribution in [-0.2, 0) is 0 Å². The molecule has 1 aromatic heterocycles. The van der Waals surface area contributed by atoms with Crippen LogP contribution in [0.5, 0.6) is 5.75 Å². The fraction of sp³-hybridized carbons (Fsp3) is 0.158. The molecule has 4 heteroatoms. The maximum atomic E-state index is 12.5. The van der Waals surface area contributed by atoms with E-state index in [2.05, 4.69) is 6.07 Å². The molecule has 0 aliphatic rings. The van der Waals surface area contributed by atoms with Crippen molar-refractivity contribution in [2.24, 2.45) is 0 Å². The van der Waals surface area contributed by atoms with Gasteiger partial charge >= 0.3 is 0 Å². The molecule has 4 nitrogen and oxygen atoms in total. The second-order valence-electron chi connectivity index (χ2n) is 5.36. The average molecular weight is 305 g/mol. The van der Waals surface area contributed by atoms with Gasteiger partial charge < -0.3 is 9.15 Å². The van der Waals surface area contributed by atoms with Crippen molar-refractivity contribution in [3.63, 3.8) is 0 Å². The van der Waals surface area contributed by atoms with Crippen molar-refractivity contribution in [1.82, 2.24) is 0 Å². The highest BCUT2D eigenvalue weighted by Gasteiger charge is 2.16. The first-order chi connectivity index (χ1) is 11.1. The topological polar surface area (TPSA) is 63.2 Å². The lowest BCUT2D eigenvalue weighted by Crippen LogP contribution is -2.04. The zero-order valence-electron chi connectivity index (χ0n) is 13.1. The van der Waals surface area contributed by atoms with Gasteiger partial charge in [0.25, 0.3) is 0 Å². The summed E-state index contributed by atoms with van der Waals surface area (Å²) in [6.45, 7) is 3.73. The fourth-order valence-electron chi connectivity index (χ4n) is 2.63. The van der Waals surface area contributed by atoms with Crippen LogP contribution in [0.2, 0.25) is 0 Å². The molecule has 114 valence electrons. The van der Waals surface area contributed by atoms with Crippen LogP contribution in [-0.4, -0.2) is 7.11 Å². The first-order valence-corrected chi connectivity index (χ1v) is 7.18. The maximum Gasteiger partial charge on any atom is 0.193 e. The normalized spacial score (nSPS) is 10.5. The molecule has 0 atom stereocenters. The van der Waals surface area contributed by atoms with Crippen LogP contribution in [0.15, 0.2) is 45.6 Å². The molecule has 0 saturated carbocycles. The maximum absolute atomic E-state index is 12.5. The Balaban J connectivity index is 2.41. The molecule has 0 aliphatic heterocycles. The molecule has 3 rings (SSSR count). The second-order valence-corrected chi connectivity index (χ2v) is 5.36. The Morgan fingerprint density at radius 2 is 1.91 bits per heavy atom. The van der Waals surface area contributed by atoms with Crippen LogP contribution >= 0.6 is 0 Å². The minimum atomic E-state index is -0.174. The predicted molar refractivity (Wildman–Crippen MR) is 88.7 cm³/mol. The number of hydrogen-bond acceptors (Lipinski definition) is 4. The summed E-state index contributed by atoms with van der Waals surface area (Å²) in [5, 5.41) is 9.88. The SMILES string of the molecule is COc1ccccc1-c1cc(=O)c2cc(C)c(C)c(C#N)c2o1. The number of para-hydroxylation sites is 1. The highest BCUT2D eigenvalue weighted by Crippen LogP contribution is 2.32. The van der Waals surface area contributed by atoms with Gasteiger partial charge in [0.1, 0.15) is 17.6 Å². The molecule has 3 aromatic rings. The van der Waals surface area contributed by atoms with E-state index in [1.807, 2.05) is 32.0 Å². The van der Waals surface area contributed by atoms with E-state index in [1.165, 1.54) is 6.07 Å². The van der Waals surface area contributed by atoms with Crippen LogP contribution in [0.1, 0.15) is 16.7 Å². The molecule has 1 heterocycles. The Bertz CT molecular complexity index is 1010. The Morgan fingerprint density at radius 3 is 2.61 bits per heavy atom. The van der Waals surface area contributed by atoms with Crippen LogP contribution in [0.3, 0.4) is 0 Å². The van der Waals surface area contributed by atoms with Gasteiger partial charge in [0.2, 0.25) is 0 Å². The monoisotopic (exact) mass is 305 g/mol. The van der Waals surface area contributed by atoms with Crippen molar-refractivity contribution in [1.29, 1.82) is 5.26 Å².